The molecular formula is C50H96O6. The van der Waals surface area contributed by atoms with E-state index < -0.39 is 6.10 Å². The monoisotopic (exact) mass is 793 g/mol. The molecule has 6 heteroatoms. The molecular weight excluding hydrogens is 697 g/mol. The van der Waals surface area contributed by atoms with Crippen LogP contribution in [0.15, 0.2) is 0 Å². The van der Waals surface area contributed by atoms with Gasteiger partial charge in [0, 0.05) is 19.3 Å². The summed E-state index contributed by atoms with van der Waals surface area (Å²) in [5.41, 5.74) is 0. The average Bonchev–Trinajstić information content (AvgIpc) is 3.18. The Morgan fingerprint density at radius 1 is 0.339 bits per heavy atom. The molecule has 6 nitrogen and oxygen atoms in total. The highest BCUT2D eigenvalue weighted by Gasteiger charge is 2.19. The topological polar surface area (TPSA) is 78.9 Å². The van der Waals surface area contributed by atoms with Crippen molar-refractivity contribution in [3.05, 3.63) is 0 Å². The second kappa shape index (κ2) is 44.5. The van der Waals surface area contributed by atoms with Crippen molar-refractivity contribution in [1.29, 1.82) is 0 Å². The Kier molecular flexibility index (Phi) is 43.2. The lowest BCUT2D eigenvalue weighted by Crippen LogP contribution is -2.30. The molecule has 0 rings (SSSR count). The molecule has 56 heavy (non-hydrogen) atoms. The van der Waals surface area contributed by atoms with Crippen LogP contribution in [0.2, 0.25) is 0 Å². The zero-order valence-electron chi connectivity index (χ0n) is 38.1. The van der Waals surface area contributed by atoms with Gasteiger partial charge in [-0.1, -0.05) is 240 Å². The normalized spacial score (nSPS) is 11.9. The first-order valence-corrected chi connectivity index (χ1v) is 24.9. The summed E-state index contributed by atoms with van der Waals surface area (Å²) in [6.07, 6.45) is 45.3. The summed E-state index contributed by atoms with van der Waals surface area (Å²) < 4.78 is 16.7. The Labute approximate surface area is 348 Å². The number of ether oxygens (including phenoxy) is 3. The van der Waals surface area contributed by atoms with Gasteiger partial charge < -0.3 is 14.2 Å². The van der Waals surface area contributed by atoms with Gasteiger partial charge in [0.05, 0.1) is 0 Å². The number of hydrogen-bond donors (Lipinski definition) is 0. The van der Waals surface area contributed by atoms with E-state index in [2.05, 4.69) is 27.7 Å². The third kappa shape index (κ3) is 43.5. The molecule has 0 heterocycles. The molecule has 332 valence electrons. The number of carbonyl (C=O) groups excluding carboxylic acids is 3. The molecule has 0 saturated carbocycles. The van der Waals surface area contributed by atoms with Gasteiger partial charge in [0.25, 0.3) is 0 Å². The van der Waals surface area contributed by atoms with Gasteiger partial charge in [-0.05, 0) is 25.2 Å². The quantitative estimate of drug-likeness (QED) is 0.0347. The predicted molar refractivity (Wildman–Crippen MR) is 238 cm³/mol. The molecule has 0 bridgehead atoms. The van der Waals surface area contributed by atoms with Crippen molar-refractivity contribution in [2.45, 2.75) is 284 Å². The van der Waals surface area contributed by atoms with Gasteiger partial charge >= 0.3 is 17.9 Å². The summed E-state index contributed by atoms with van der Waals surface area (Å²) in [4.78, 5) is 37.8. The molecule has 0 fully saturated rings. The number of hydrogen-bond acceptors (Lipinski definition) is 6. The number of rotatable bonds is 45. The fourth-order valence-corrected chi connectivity index (χ4v) is 7.51. The molecule has 0 aliphatic heterocycles. The first-order chi connectivity index (χ1) is 27.4. The Hall–Kier alpha value is -1.59. The van der Waals surface area contributed by atoms with Crippen LogP contribution in [0.25, 0.3) is 0 Å². The minimum atomic E-state index is -0.760. The SMILES string of the molecule is CCCCCCCCCCCCCCCCCCCCC(=O)OC[C@H](COC(=O)CCCCCCCCCCCCC)OC(=O)CCCCCCCCC(C)C. The summed E-state index contributed by atoms with van der Waals surface area (Å²) in [5, 5.41) is 0. The van der Waals surface area contributed by atoms with Crippen molar-refractivity contribution in [2.75, 3.05) is 13.2 Å². The summed E-state index contributed by atoms with van der Waals surface area (Å²) in [6, 6.07) is 0. The lowest BCUT2D eigenvalue weighted by molar-refractivity contribution is -0.167. The van der Waals surface area contributed by atoms with Crippen LogP contribution in [0.3, 0.4) is 0 Å². The lowest BCUT2D eigenvalue weighted by atomic mass is 10.0. The first kappa shape index (κ1) is 54.4. The molecule has 0 saturated heterocycles. The molecule has 0 radical (unpaired) electrons. The number of carbonyl (C=O) groups is 3. The highest BCUT2D eigenvalue weighted by atomic mass is 16.6. The third-order valence-corrected chi connectivity index (χ3v) is 11.3. The van der Waals surface area contributed by atoms with Gasteiger partial charge in [0.2, 0.25) is 0 Å². The highest BCUT2D eigenvalue weighted by molar-refractivity contribution is 5.71. The molecule has 0 amide bonds. The van der Waals surface area contributed by atoms with E-state index in [-0.39, 0.29) is 31.1 Å². The second-order valence-corrected chi connectivity index (χ2v) is 17.6. The fourth-order valence-electron chi connectivity index (χ4n) is 7.51. The molecule has 0 aromatic heterocycles. The summed E-state index contributed by atoms with van der Waals surface area (Å²) in [6.45, 7) is 8.94. The van der Waals surface area contributed by atoms with Crippen LogP contribution in [0.4, 0.5) is 0 Å². The van der Waals surface area contributed by atoms with Crippen LogP contribution < -0.4 is 0 Å². The van der Waals surface area contributed by atoms with Gasteiger partial charge in [0.1, 0.15) is 13.2 Å². The van der Waals surface area contributed by atoms with Crippen molar-refractivity contribution in [3.63, 3.8) is 0 Å². The Balaban J connectivity index is 4.21. The van der Waals surface area contributed by atoms with Crippen LogP contribution in [-0.4, -0.2) is 37.2 Å². The Morgan fingerprint density at radius 2 is 0.589 bits per heavy atom. The zero-order valence-corrected chi connectivity index (χ0v) is 38.1. The summed E-state index contributed by atoms with van der Waals surface area (Å²) >= 11 is 0. The van der Waals surface area contributed by atoms with Crippen molar-refractivity contribution in [2.24, 2.45) is 5.92 Å². The Morgan fingerprint density at radius 3 is 0.875 bits per heavy atom. The number of esters is 3. The molecule has 0 unspecified atom stereocenters. The van der Waals surface area contributed by atoms with Crippen molar-refractivity contribution in [1.82, 2.24) is 0 Å². The van der Waals surface area contributed by atoms with Crippen molar-refractivity contribution < 1.29 is 28.6 Å². The van der Waals surface area contributed by atoms with Crippen LogP contribution in [0.1, 0.15) is 278 Å². The van der Waals surface area contributed by atoms with E-state index >= 15 is 0 Å². The van der Waals surface area contributed by atoms with Gasteiger partial charge in [0.15, 0.2) is 6.10 Å². The fraction of sp³-hybridized carbons (Fsp3) is 0.940. The van der Waals surface area contributed by atoms with Crippen LogP contribution in [0.5, 0.6) is 0 Å². The predicted octanol–water partition coefficient (Wildman–Crippen LogP) is 15.9. The highest BCUT2D eigenvalue weighted by Crippen LogP contribution is 2.17. The van der Waals surface area contributed by atoms with E-state index in [9.17, 15) is 14.4 Å². The summed E-state index contributed by atoms with van der Waals surface area (Å²) in [7, 11) is 0. The minimum absolute atomic E-state index is 0.0643. The van der Waals surface area contributed by atoms with E-state index in [1.165, 1.54) is 173 Å². The Bertz CT molecular complexity index is 841. The molecule has 0 spiro atoms. The molecule has 0 aliphatic carbocycles. The van der Waals surface area contributed by atoms with E-state index in [0.717, 1.165) is 63.7 Å². The van der Waals surface area contributed by atoms with E-state index in [1.807, 2.05) is 0 Å². The van der Waals surface area contributed by atoms with Crippen molar-refractivity contribution in [3.8, 4) is 0 Å². The molecule has 0 aromatic carbocycles. The lowest BCUT2D eigenvalue weighted by Gasteiger charge is -2.18. The third-order valence-electron chi connectivity index (χ3n) is 11.3. The van der Waals surface area contributed by atoms with Crippen LogP contribution >= 0.6 is 0 Å². The van der Waals surface area contributed by atoms with Gasteiger partial charge in [-0.25, -0.2) is 0 Å². The second-order valence-electron chi connectivity index (χ2n) is 17.6. The van der Waals surface area contributed by atoms with Crippen LogP contribution in [0, 0.1) is 5.92 Å². The van der Waals surface area contributed by atoms with Gasteiger partial charge in [-0.3, -0.25) is 14.4 Å². The standard InChI is InChI=1S/C50H96O6/c1-5-7-9-11-13-15-17-18-19-20-21-22-23-25-27-29-34-38-42-49(52)55-45-47(56-50(53)43-39-35-31-30-32-36-40-46(3)4)44-54-48(51)41-37-33-28-26-24-16-14-12-10-8-6-2/h46-47H,5-45H2,1-4H3/t47-/m0/s1. The van der Waals surface area contributed by atoms with E-state index in [1.54, 1.807) is 0 Å². The molecule has 1 atom stereocenters. The van der Waals surface area contributed by atoms with E-state index in [0.29, 0.717) is 19.3 Å². The largest absolute Gasteiger partial charge is 0.462 e. The maximum atomic E-state index is 12.7. The molecule has 0 N–H and O–H groups in total. The van der Waals surface area contributed by atoms with Crippen LogP contribution in [-0.2, 0) is 28.6 Å². The smallest absolute Gasteiger partial charge is 0.306 e. The molecule has 0 aromatic rings. The summed E-state index contributed by atoms with van der Waals surface area (Å²) in [5.74, 6) is -0.0954. The minimum Gasteiger partial charge on any atom is -0.462 e. The zero-order chi connectivity index (χ0) is 41.0. The van der Waals surface area contributed by atoms with E-state index in [4.69, 9.17) is 14.2 Å². The van der Waals surface area contributed by atoms with Crippen molar-refractivity contribution >= 4 is 17.9 Å². The maximum Gasteiger partial charge on any atom is 0.306 e. The average molecular weight is 793 g/mol. The van der Waals surface area contributed by atoms with Gasteiger partial charge in [-0.15, -0.1) is 0 Å². The molecule has 0 aliphatic rings. The first-order valence-electron chi connectivity index (χ1n) is 24.9. The van der Waals surface area contributed by atoms with Gasteiger partial charge in [-0.2, -0.15) is 0 Å². The maximum absolute atomic E-state index is 12.7. The number of unbranched alkanes of at least 4 members (excludes halogenated alkanes) is 32.